The Hall–Kier alpha value is -0.470. The summed E-state index contributed by atoms with van der Waals surface area (Å²) in [4.78, 5) is 1.31. The zero-order chi connectivity index (χ0) is 14.5. The molecule has 1 aromatic heterocycles. The molecular weight excluding hydrogens is 284 g/mol. The zero-order valence-corrected chi connectivity index (χ0v) is 13.5. The topological polar surface area (TPSA) is 58.6 Å². The van der Waals surface area contributed by atoms with Crippen LogP contribution in [0.2, 0.25) is 0 Å². The van der Waals surface area contributed by atoms with E-state index in [4.69, 9.17) is 4.74 Å². The van der Waals surface area contributed by atoms with Crippen molar-refractivity contribution in [1.82, 2.24) is 9.62 Å². The summed E-state index contributed by atoms with van der Waals surface area (Å²) < 4.78 is 31.4. The molecule has 19 heavy (non-hydrogen) atoms. The van der Waals surface area contributed by atoms with Gasteiger partial charge in [0.1, 0.15) is 4.90 Å². The van der Waals surface area contributed by atoms with Gasteiger partial charge < -0.3 is 10.1 Å². The number of aryl methyl sites for hydroxylation is 1. The van der Waals surface area contributed by atoms with Crippen molar-refractivity contribution in [2.24, 2.45) is 0 Å². The van der Waals surface area contributed by atoms with E-state index >= 15 is 0 Å². The van der Waals surface area contributed by atoms with Gasteiger partial charge in [0.2, 0.25) is 10.0 Å². The summed E-state index contributed by atoms with van der Waals surface area (Å²) in [6, 6.07) is 0. The Morgan fingerprint density at radius 2 is 2.16 bits per heavy atom. The molecule has 5 nitrogen and oxygen atoms in total. The zero-order valence-electron chi connectivity index (χ0n) is 11.9. The second-order valence-electron chi connectivity index (χ2n) is 4.27. The fourth-order valence-corrected chi connectivity index (χ4v) is 4.57. The van der Waals surface area contributed by atoms with Gasteiger partial charge in [0.15, 0.2) is 0 Å². The van der Waals surface area contributed by atoms with Gasteiger partial charge >= 0.3 is 0 Å². The van der Waals surface area contributed by atoms with Crippen LogP contribution in [0.4, 0.5) is 0 Å². The Labute approximate surface area is 119 Å². The van der Waals surface area contributed by atoms with E-state index in [9.17, 15) is 8.42 Å². The SMILES string of the molecule is CCNCc1scc(C)c1S(=O)(=O)N(C)CCOC. The number of ether oxygens (including phenoxy) is 1. The number of hydrogen-bond acceptors (Lipinski definition) is 5. The van der Waals surface area contributed by atoms with Crippen LogP contribution in [0.5, 0.6) is 0 Å². The van der Waals surface area contributed by atoms with E-state index in [1.165, 1.54) is 15.6 Å². The van der Waals surface area contributed by atoms with Crippen molar-refractivity contribution >= 4 is 21.4 Å². The summed E-state index contributed by atoms with van der Waals surface area (Å²) in [6.45, 7) is 5.98. The van der Waals surface area contributed by atoms with Gasteiger partial charge in [-0.2, -0.15) is 4.31 Å². The molecule has 0 aliphatic heterocycles. The second kappa shape index (κ2) is 7.35. The highest BCUT2D eigenvalue weighted by Crippen LogP contribution is 2.28. The van der Waals surface area contributed by atoms with E-state index in [1.54, 1.807) is 14.2 Å². The first kappa shape index (κ1) is 16.6. The predicted octanol–water partition coefficient (Wildman–Crippen LogP) is 1.43. The van der Waals surface area contributed by atoms with Crippen LogP contribution in [-0.4, -0.2) is 46.6 Å². The van der Waals surface area contributed by atoms with E-state index in [0.29, 0.717) is 24.6 Å². The van der Waals surface area contributed by atoms with Crippen LogP contribution in [0.25, 0.3) is 0 Å². The first-order chi connectivity index (χ1) is 8.95. The summed E-state index contributed by atoms with van der Waals surface area (Å²) in [5.41, 5.74) is 0.808. The van der Waals surface area contributed by atoms with Crippen molar-refractivity contribution in [3.05, 3.63) is 15.8 Å². The lowest BCUT2D eigenvalue weighted by atomic mass is 10.3. The van der Waals surface area contributed by atoms with Crippen LogP contribution in [-0.2, 0) is 21.3 Å². The molecule has 0 radical (unpaired) electrons. The molecule has 0 aromatic carbocycles. The number of thiophene rings is 1. The first-order valence-electron chi connectivity index (χ1n) is 6.18. The predicted molar refractivity (Wildman–Crippen MR) is 78.1 cm³/mol. The standard InChI is InChI=1S/C12H22N2O3S2/c1-5-13-8-11-12(10(2)9-18-11)19(15,16)14(3)6-7-17-4/h9,13H,5-8H2,1-4H3. The Morgan fingerprint density at radius 1 is 1.47 bits per heavy atom. The molecule has 0 saturated carbocycles. The average molecular weight is 306 g/mol. The first-order valence-corrected chi connectivity index (χ1v) is 8.50. The van der Waals surface area contributed by atoms with Crippen LogP contribution in [0.15, 0.2) is 10.3 Å². The molecule has 0 saturated heterocycles. The third-order valence-corrected chi connectivity index (χ3v) is 6.12. The van der Waals surface area contributed by atoms with Gasteiger partial charge in [0.25, 0.3) is 0 Å². The molecule has 1 heterocycles. The highest BCUT2D eigenvalue weighted by atomic mass is 32.2. The van der Waals surface area contributed by atoms with E-state index in [1.807, 2.05) is 19.2 Å². The molecule has 0 atom stereocenters. The van der Waals surface area contributed by atoms with Crippen molar-refractivity contribution < 1.29 is 13.2 Å². The minimum Gasteiger partial charge on any atom is -0.383 e. The lowest BCUT2D eigenvalue weighted by Crippen LogP contribution is -2.31. The molecule has 1 rings (SSSR count). The number of nitrogens with zero attached hydrogens (tertiary/aromatic N) is 1. The minimum absolute atomic E-state index is 0.356. The maximum atomic E-state index is 12.6. The third-order valence-electron chi connectivity index (χ3n) is 2.80. The van der Waals surface area contributed by atoms with Gasteiger partial charge in [-0.15, -0.1) is 11.3 Å². The van der Waals surface area contributed by atoms with Crippen molar-refractivity contribution in [3.8, 4) is 0 Å². The molecule has 0 amide bonds. The van der Waals surface area contributed by atoms with Crippen LogP contribution >= 0.6 is 11.3 Å². The van der Waals surface area contributed by atoms with Gasteiger partial charge in [0.05, 0.1) is 6.61 Å². The molecule has 0 fully saturated rings. The molecule has 110 valence electrons. The van der Waals surface area contributed by atoms with Crippen molar-refractivity contribution in [3.63, 3.8) is 0 Å². The van der Waals surface area contributed by atoms with E-state index in [0.717, 1.165) is 17.0 Å². The van der Waals surface area contributed by atoms with Crippen LogP contribution in [0.3, 0.4) is 0 Å². The molecule has 1 N–H and O–H groups in total. The van der Waals surface area contributed by atoms with Gasteiger partial charge in [-0.05, 0) is 24.4 Å². The lowest BCUT2D eigenvalue weighted by Gasteiger charge is -2.18. The lowest BCUT2D eigenvalue weighted by molar-refractivity contribution is 0.185. The molecule has 0 aliphatic carbocycles. The normalized spacial score (nSPS) is 12.3. The Morgan fingerprint density at radius 3 is 2.74 bits per heavy atom. The van der Waals surface area contributed by atoms with Crippen LogP contribution in [0, 0.1) is 6.92 Å². The molecule has 0 unspecified atom stereocenters. The largest absolute Gasteiger partial charge is 0.383 e. The van der Waals surface area contributed by atoms with Crippen LogP contribution < -0.4 is 5.32 Å². The smallest absolute Gasteiger partial charge is 0.244 e. The van der Waals surface area contributed by atoms with Crippen LogP contribution in [0.1, 0.15) is 17.4 Å². The summed E-state index contributed by atoms with van der Waals surface area (Å²) in [6.07, 6.45) is 0. The summed E-state index contributed by atoms with van der Waals surface area (Å²) in [5, 5.41) is 5.07. The molecule has 0 spiro atoms. The Bertz CT molecular complexity index is 497. The number of methoxy groups -OCH3 is 1. The van der Waals surface area contributed by atoms with Gasteiger partial charge in [0, 0.05) is 32.1 Å². The van der Waals surface area contributed by atoms with E-state index in [2.05, 4.69) is 5.32 Å². The highest BCUT2D eigenvalue weighted by Gasteiger charge is 2.26. The Balaban J connectivity index is 3.02. The number of sulfonamides is 1. The quantitative estimate of drug-likeness (QED) is 0.789. The van der Waals surface area contributed by atoms with E-state index in [-0.39, 0.29) is 0 Å². The molecule has 0 bridgehead atoms. The molecule has 0 aliphatic rings. The van der Waals surface area contributed by atoms with Gasteiger partial charge in [-0.3, -0.25) is 0 Å². The summed E-state index contributed by atoms with van der Waals surface area (Å²) in [7, 11) is -0.288. The highest BCUT2D eigenvalue weighted by molar-refractivity contribution is 7.89. The van der Waals surface area contributed by atoms with Crippen molar-refractivity contribution in [1.29, 1.82) is 0 Å². The van der Waals surface area contributed by atoms with Crippen molar-refractivity contribution in [2.75, 3.05) is 33.9 Å². The number of hydrogen-bond donors (Lipinski definition) is 1. The maximum absolute atomic E-state index is 12.6. The fraction of sp³-hybridized carbons (Fsp3) is 0.667. The maximum Gasteiger partial charge on any atom is 0.244 e. The molecule has 7 heteroatoms. The second-order valence-corrected chi connectivity index (χ2v) is 7.22. The number of likely N-dealkylation sites (N-methyl/N-ethyl adjacent to an activating group) is 1. The molecule has 1 aromatic rings. The van der Waals surface area contributed by atoms with Crippen molar-refractivity contribution in [2.45, 2.75) is 25.3 Å². The summed E-state index contributed by atoms with van der Waals surface area (Å²) >= 11 is 1.48. The molecular formula is C12H22N2O3S2. The van der Waals surface area contributed by atoms with Gasteiger partial charge in [-0.1, -0.05) is 6.92 Å². The minimum atomic E-state index is -3.44. The third kappa shape index (κ3) is 4.00. The number of rotatable bonds is 8. The summed E-state index contributed by atoms with van der Waals surface area (Å²) in [5.74, 6) is 0. The monoisotopic (exact) mass is 306 g/mol. The van der Waals surface area contributed by atoms with E-state index < -0.39 is 10.0 Å². The average Bonchev–Trinajstić information content (AvgIpc) is 2.75. The van der Waals surface area contributed by atoms with Gasteiger partial charge in [-0.25, -0.2) is 8.42 Å². The number of nitrogens with one attached hydrogen (secondary N) is 1. The Kier molecular flexibility index (Phi) is 6.41. The fourth-order valence-electron chi connectivity index (χ4n) is 1.69.